The highest BCUT2D eigenvalue weighted by atomic mass is 31.2. The Bertz CT molecular complexity index is 1080. The number of esters is 1. The third-order valence-corrected chi connectivity index (χ3v) is 6.78. The fourth-order valence-corrected chi connectivity index (χ4v) is 4.33. The van der Waals surface area contributed by atoms with E-state index in [4.69, 9.17) is 33.0 Å². The SMILES string of the molecule is CC(C)(C)OC(=O)CCOCCOCCOP(=O)(O)OCCNC(=O)[C@H](CNC(=O)CCP(=O)(O)O)N1C(=O)C=CC1=O. The molecule has 0 aliphatic carbocycles. The molecule has 0 spiro atoms. The second-order valence-corrected chi connectivity index (χ2v) is 13.1. The fourth-order valence-electron chi connectivity index (χ4n) is 3.14. The van der Waals surface area contributed by atoms with Crippen molar-refractivity contribution in [2.75, 3.05) is 58.9 Å². The summed E-state index contributed by atoms with van der Waals surface area (Å²) in [5.41, 5.74) is -0.581. The quantitative estimate of drug-likeness (QED) is 0.0428. The molecular formula is C23H39N3O15P2. The molecule has 4 amide bonds. The summed E-state index contributed by atoms with van der Waals surface area (Å²) in [5, 5.41) is 4.54. The van der Waals surface area contributed by atoms with Crippen LogP contribution in [0.15, 0.2) is 12.2 Å². The van der Waals surface area contributed by atoms with Crippen molar-refractivity contribution in [3.8, 4) is 0 Å². The largest absolute Gasteiger partial charge is 0.472 e. The first kappa shape index (κ1) is 38.5. The van der Waals surface area contributed by atoms with Crippen LogP contribution in [0.2, 0.25) is 0 Å². The van der Waals surface area contributed by atoms with Crippen molar-refractivity contribution in [2.45, 2.75) is 45.3 Å². The van der Waals surface area contributed by atoms with Gasteiger partial charge in [-0.25, -0.2) is 4.57 Å². The number of rotatable bonds is 21. The summed E-state index contributed by atoms with van der Waals surface area (Å²) in [6.45, 7) is 3.90. The van der Waals surface area contributed by atoms with Crippen LogP contribution in [0, 0.1) is 0 Å². The van der Waals surface area contributed by atoms with Crippen LogP contribution in [-0.4, -0.2) is 120 Å². The van der Waals surface area contributed by atoms with Gasteiger partial charge in [-0.15, -0.1) is 0 Å². The van der Waals surface area contributed by atoms with E-state index in [0.29, 0.717) is 4.90 Å². The Labute approximate surface area is 248 Å². The van der Waals surface area contributed by atoms with Crippen molar-refractivity contribution in [3.05, 3.63) is 12.2 Å². The first-order chi connectivity index (χ1) is 19.9. The van der Waals surface area contributed by atoms with Crippen LogP contribution < -0.4 is 10.6 Å². The summed E-state index contributed by atoms with van der Waals surface area (Å²) in [5.74, 6) is -3.79. The van der Waals surface area contributed by atoms with Crippen molar-refractivity contribution in [1.82, 2.24) is 15.5 Å². The Kier molecular flexibility index (Phi) is 16.4. The highest BCUT2D eigenvalue weighted by Gasteiger charge is 2.36. The summed E-state index contributed by atoms with van der Waals surface area (Å²) in [7, 11) is -8.97. The number of amides is 4. The summed E-state index contributed by atoms with van der Waals surface area (Å²) in [6, 6.07) is -1.52. The first-order valence-corrected chi connectivity index (χ1v) is 16.3. The van der Waals surface area contributed by atoms with E-state index in [-0.39, 0.29) is 46.0 Å². The summed E-state index contributed by atoms with van der Waals surface area (Å²) in [4.78, 5) is 88.3. The minimum Gasteiger partial charge on any atom is -0.460 e. The maximum atomic E-state index is 12.7. The Hall–Kier alpha value is -2.53. The number of carbonyl (C=O) groups is 5. The van der Waals surface area contributed by atoms with Gasteiger partial charge in [-0.1, -0.05) is 0 Å². The van der Waals surface area contributed by atoms with E-state index in [9.17, 15) is 38.0 Å². The van der Waals surface area contributed by atoms with Crippen LogP contribution in [-0.2, 0) is 56.4 Å². The minimum absolute atomic E-state index is 0.0758. The average molecular weight is 660 g/mol. The molecule has 1 unspecified atom stereocenters. The number of hydrogen-bond acceptors (Lipinski definition) is 12. The van der Waals surface area contributed by atoms with Crippen molar-refractivity contribution in [3.63, 3.8) is 0 Å². The van der Waals surface area contributed by atoms with Crippen LogP contribution in [0.3, 0.4) is 0 Å². The molecule has 18 nitrogen and oxygen atoms in total. The Balaban J connectivity index is 2.33. The average Bonchev–Trinajstić information content (AvgIpc) is 3.20. The second kappa shape index (κ2) is 18.3. The Morgan fingerprint density at radius 3 is 2.00 bits per heavy atom. The van der Waals surface area contributed by atoms with Crippen LogP contribution in [0.1, 0.15) is 33.6 Å². The van der Waals surface area contributed by atoms with Gasteiger partial charge in [0.1, 0.15) is 11.6 Å². The standard InChI is InChI=1S/C23H39N3O15P2/c1-23(2,3)41-21(30)6-9-37-11-12-38-13-14-40-43(35,36)39-10-8-24-22(31)17(26-19(28)4-5-20(26)29)16-25-18(27)7-15-42(32,33)34/h4-5,17H,6-16H2,1-3H3,(H,24,31)(H,25,27)(H,35,36)(H2,32,33,34)/t17-/m0/s1. The highest BCUT2D eigenvalue weighted by molar-refractivity contribution is 7.51. The molecule has 20 heteroatoms. The number of carbonyl (C=O) groups excluding carboxylic acids is 5. The van der Waals surface area contributed by atoms with Gasteiger partial charge >= 0.3 is 21.4 Å². The number of nitrogens with zero attached hydrogens (tertiary/aromatic N) is 1. The molecular weight excluding hydrogens is 620 g/mol. The van der Waals surface area contributed by atoms with E-state index >= 15 is 0 Å². The molecule has 246 valence electrons. The summed E-state index contributed by atoms with van der Waals surface area (Å²) < 4.78 is 48.0. The lowest BCUT2D eigenvalue weighted by Gasteiger charge is -2.25. The lowest BCUT2D eigenvalue weighted by atomic mass is 10.2. The summed E-state index contributed by atoms with van der Waals surface area (Å²) >= 11 is 0. The van der Waals surface area contributed by atoms with Crippen LogP contribution in [0.5, 0.6) is 0 Å². The van der Waals surface area contributed by atoms with Crippen LogP contribution in [0.4, 0.5) is 0 Å². The van der Waals surface area contributed by atoms with Crippen LogP contribution >= 0.6 is 15.4 Å². The molecule has 0 radical (unpaired) electrons. The van der Waals surface area contributed by atoms with Gasteiger partial charge in [-0.3, -0.25) is 42.5 Å². The molecule has 1 rings (SSSR count). The van der Waals surface area contributed by atoms with Gasteiger partial charge in [0, 0.05) is 31.7 Å². The van der Waals surface area contributed by atoms with Gasteiger partial charge in [0.2, 0.25) is 11.8 Å². The van der Waals surface area contributed by atoms with Gasteiger partial charge in [-0.2, -0.15) is 0 Å². The molecule has 0 bridgehead atoms. The number of phosphoric ester groups is 1. The van der Waals surface area contributed by atoms with Gasteiger partial charge in [0.05, 0.1) is 52.2 Å². The molecule has 1 aliphatic heterocycles. The van der Waals surface area contributed by atoms with Crippen molar-refractivity contribution >= 4 is 45.0 Å². The molecule has 43 heavy (non-hydrogen) atoms. The molecule has 2 atom stereocenters. The van der Waals surface area contributed by atoms with E-state index in [0.717, 1.165) is 12.2 Å². The predicted octanol–water partition coefficient (Wildman–Crippen LogP) is -1.02. The Morgan fingerprint density at radius 2 is 1.42 bits per heavy atom. The maximum absolute atomic E-state index is 12.7. The van der Waals surface area contributed by atoms with E-state index in [1.165, 1.54) is 0 Å². The van der Waals surface area contributed by atoms with Gasteiger partial charge < -0.3 is 39.5 Å². The molecule has 1 aliphatic rings. The zero-order valence-corrected chi connectivity index (χ0v) is 25.9. The van der Waals surface area contributed by atoms with E-state index in [1.807, 2.05) is 0 Å². The van der Waals surface area contributed by atoms with E-state index < -0.39 is 82.4 Å². The molecule has 1 heterocycles. The lowest BCUT2D eigenvalue weighted by molar-refractivity contribution is -0.156. The van der Waals surface area contributed by atoms with Gasteiger partial charge in [0.25, 0.3) is 11.8 Å². The van der Waals surface area contributed by atoms with Gasteiger partial charge in [-0.05, 0) is 20.8 Å². The fraction of sp³-hybridized carbons (Fsp3) is 0.696. The third-order valence-electron chi connectivity index (χ3n) is 4.96. The lowest BCUT2D eigenvalue weighted by Crippen LogP contribution is -2.55. The zero-order chi connectivity index (χ0) is 32.7. The number of hydrogen-bond donors (Lipinski definition) is 5. The summed E-state index contributed by atoms with van der Waals surface area (Å²) in [6.07, 6.45) is 0.620. The van der Waals surface area contributed by atoms with Gasteiger partial charge in [0.15, 0.2) is 0 Å². The topological polar surface area (TPSA) is 254 Å². The first-order valence-electron chi connectivity index (χ1n) is 13.0. The molecule has 0 saturated carbocycles. The van der Waals surface area contributed by atoms with E-state index in [2.05, 4.69) is 10.6 Å². The highest BCUT2D eigenvalue weighted by Crippen LogP contribution is 2.42. The Morgan fingerprint density at radius 1 is 0.860 bits per heavy atom. The molecule has 5 N–H and O–H groups in total. The maximum Gasteiger partial charge on any atom is 0.472 e. The van der Waals surface area contributed by atoms with Crippen molar-refractivity contribution in [1.29, 1.82) is 0 Å². The molecule has 0 aromatic rings. The monoisotopic (exact) mass is 659 g/mol. The van der Waals surface area contributed by atoms with Crippen molar-refractivity contribution in [2.24, 2.45) is 0 Å². The number of imide groups is 1. The van der Waals surface area contributed by atoms with Crippen molar-refractivity contribution < 1.29 is 71.0 Å². The second-order valence-electron chi connectivity index (χ2n) is 9.83. The molecule has 0 aromatic heterocycles. The number of ether oxygens (including phenoxy) is 3. The third kappa shape index (κ3) is 18.0. The smallest absolute Gasteiger partial charge is 0.460 e. The molecule has 0 saturated heterocycles. The van der Waals surface area contributed by atoms with E-state index in [1.54, 1.807) is 20.8 Å². The molecule has 0 aromatic carbocycles. The van der Waals surface area contributed by atoms with Crippen LogP contribution in [0.25, 0.3) is 0 Å². The number of phosphoric acid groups is 1. The predicted molar refractivity (Wildman–Crippen MR) is 146 cm³/mol. The number of nitrogens with one attached hydrogen (secondary N) is 2. The molecule has 0 fully saturated rings. The minimum atomic E-state index is -4.52. The normalized spacial score (nSPS) is 15.7. The zero-order valence-electron chi connectivity index (χ0n) is 24.1.